The second-order valence-corrected chi connectivity index (χ2v) is 4.03. The van der Waals surface area contributed by atoms with Gasteiger partial charge in [0, 0.05) is 18.5 Å². The summed E-state index contributed by atoms with van der Waals surface area (Å²) in [6.45, 7) is 1.78. The molecule has 0 bridgehead atoms. The zero-order valence-electron chi connectivity index (χ0n) is 8.81. The summed E-state index contributed by atoms with van der Waals surface area (Å²) in [5.41, 5.74) is -0.838. The second-order valence-electron chi connectivity index (χ2n) is 4.03. The minimum absolute atomic E-state index is 0.0693. The molecule has 0 amide bonds. The number of pyridine rings is 1. The minimum atomic E-state index is -1.34. The molecule has 0 saturated heterocycles. The Hall–Kier alpha value is -1.22. The van der Waals surface area contributed by atoms with Crippen molar-refractivity contribution in [3.8, 4) is 0 Å². The molecule has 0 aromatic carbocycles. The number of carbonyl (C=O) groups excluding carboxylic acids is 1. The van der Waals surface area contributed by atoms with Crippen molar-refractivity contribution in [3.63, 3.8) is 0 Å². The Kier molecular flexibility index (Phi) is 2.57. The predicted octanol–water partition coefficient (Wildman–Crippen LogP) is 1.66. The van der Waals surface area contributed by atoms with Crippen LogP contribution in [-0.2, 0) is 10.4 Å². The van der Waals surface area contributed by atoms with Gasteiger partial charge in [-0.2, -0.15) is 0 Å². The molecule has 1 atom stereocenters. The van der Waals surface area contributed by atoms with Crippen molar-refractivity contribution in [3.05, 3.63) is 30.1 Å². The lowest BCUT2D eigenvalue weighted by atomic mass is 9.87. The molecule has 1 saturated carbocycles. The lowest BCUT2D eigenvalue weighted by Gasteiger charge is -2.25. The van der Waals surface area contributed by atoms with Crippen LogP contribution in [0.4, 0.5) is 0 Å². The average molecular weight is 205 g/mol. The van der Waals surface area contributed by atoms with Gasteiger partial charge in [0.15, 0.2) is 11.4 Å². The van der Waals surface area contributed by atoms with Crippen LogP contribution in [0.2, 0.25) is 0 Å². The highest BCUT2D eigenvalue weighted by molar-refractivity contribution is 5.88. The average Bonchev–Trinajstić information content (AvgIpc) is 3.12. The van der Waals surface area contributed by atoms with Gasteiger partial charge < -0.3 is 5.11 Å². The summed E-state index contributed by atoms with van der Waals surface area (Å²) in [5.74, 6) is -0.0523. The van der Waals surface area contributed by atoms with Crippen LogP contribution >= 0.6 is 0 Å². The van der Waals surface area contributed by atoms with Crippen LogP contribution in [0, 0.1) is 5.92 Å². The molecule has 1 N–H and O–H groups in total. The van der Waals surface area contributed by atoms with E-state index in [0.29, 0.717) is 12.1 Å². The molecular formula is C12H15NO2. The topological polar surface area (TPSA) is 50.2 Å². The van der Waals surface area contributed by atoms with Gasteiger partial charge in [0.2, 0.25) is 0 Å². The van der Waals surface area contributed by atoms with Crippen LogP contribution in [0.1, 0.15) is 31.9 Å². The van der Waals surface area contributed by atoms with Crippen LogP contribution in [0.15, 0.2) is 24.4 Å². The van der Waals surface area contributed by atoms with Crippen LogP contribution in [0.3, 0.4) is 0 Å². The summed E-state index contributed by atoms with van der Waals surface area (Å²) in [5, 5.41) is 10.5. The van der Waals surface area contributed by atoms with E-state index in [1.54, 1.807) is 31.3 Å². The minimum Gasteiger partial charge on any atom is -0.375 e. The van der Waals surface area contributed by atoms with E-state index in [9.17, 15) is 9.90 Å². The monoisotopic (exact) mass is 205 g/mol. The first kappa shape index (κ1) is 10.3. The molecule has 2 rings (SSSR count). The van der Waals surface area contributed by atoms with Crippen LogP contribution in [0.5, 0.6) is 0 Å². The van der Waals surface area contributed by atoms with Crippen molar-refractivity contribution >= 4 is 5.78 Å². The molecule has 1 aromatic rings. The maximum Gasteiger partial charge on any atom is 0.170 e. The van der Waals surface area contributed by atoms with Crippen molar-refractivity contribution in [2.75, 3.05) is 0 Å². The molecule has 1 unspecified atom stereocenters. The number of nitrogens with zero attached hydrogens (tertiary/aromatic N) is 1. The Bertz CT molecular complexity index is 359. The molecule has 0 spiro atoms. The highest BCUT2D eigenvalue weighted by Crippen LogP contribution is 2.46. The third kappa shape index (κ3) is 1.67. The van der Waals surface area contributed by atoms with Gasteiger partial charge in [-0.25, -0.2) is 0 Å². The highest BCUT2D eigenvalue weighted by Gasteiger charge is 2.50. The van der Waals surface area contributed by atoms with Gasteiger partial charge in [0.1, 0.15) is 0 Å². The lowest BCUT2D eigenvalue weighted by Crippen LogP contribution is -2.38. The van der Waals surface area contributed by atoms with E-state index < -0.39 is 5.60 Å². The molecular weight excluding hydrogens is 190 g/mol. The Morgan fingerprint density at radius 3 is 2.80 bits per heavy atom. The summed E-state index contributed by atoms with van der Waals surface area (Å²) in [4.78, 5) is 15.9. The molecule has 15 heavy (non-hydrogen) atoms. The summed E-state index contributed by atoms with van der Waals surface area (Å²) >= 11 is 0. The molecule has 0 aliphatic heterocycles. The molecule has 1 fully saturated rings. The summed E-state index contributed by atoms with van der Waals surface area (Å²) in [6.07, 6.45) is 3.80. The fourth-order valence-electron chi connectivity index (χ4n) is 1.94. The van der Waals surface area contributed by atoms with Crippen LogP contribution in [0.25, 0.3) is 0 Å². The number of aliphatic hydroxyl groups is 1. The van der Waals surface area contributed by atoms with E-state index in [4.69, 9.17) is 0 Å². The second kappa shape index (κ2) is 3.74. The van der Waals surface area contributed by atoms with Crippen molar-refractivity contribution in [1.82, 2.24) is 4.98 Å². The fourth-order valence-corrected chi connectivity index (χ4v) is 1.94. The molecule has 1 aliphatic rings. The maximum absolute atomic E-state index is 11.8. The molecule has 0 radical (unpaired) electrons. The summed E-state index contributed by atoms with van der Waals surface area (Å²) < 4.78 is 0. The summed E-state index contributed by atoms with van der Waals surface area (Å²) in [7, 11) is 0. The first-order valence-electron chi connectivity index (χ1n) is 5.36. The quantitative estimate of drug-likeness (QED) is 0.813. The Labute approximate surface area is 89.2 Å². The molecule has 80 valence electrons. The number of aromatic nitrogens is 1. The van der Waals surface area contributed by atoms with Gasteiger partial charge in [-0.1, -0.05) is 13.0 Å². The van der Waals surface area contributed by atoms with Crippen molar-refractivity contribution < 1.29 is 9.90 Å². The Morgan fingerprint density at radius 2 is 2.33 bits per heavy atom. The van der Waals surface area contributed by atoms with Crippen molar-refractivity contribution in [1.29, 1.82) is 0 Å². The number of carbonyl (C=O) groups is 1. The van der Waals surface area contributed by atoms with Gasteiger partial charge in [-0.05, 0) is 25.0 Å². The molecule has 3 heteroatoms. The maximum atomic E-state index is 11.8. The van der Waals surface area contributed by atoms with Crippen LogP contribution < -0.4 is 0 Å². The highest BCUT2D eigenvalue weighted by atomic mass is 16.3. The van der Waals surface area contributed by atoms with Gasteiger partial charge >= 0.3 is 0 Å². The molecule has 1 aromatic heterocycles. The zero-order chi connectivity index (χ0) is 10.9. The largest absolute Gasteiger partial charge is 0.375 e. The van der Waals surface area contributed by atoms with E-state index in [-0.39, 0.29) is 11.7 Å². The SMILES string of the molecule is CCC(=O)C(O)(c1ccccn1)C1CC1. The van der Waals surface area contributed by atoms with Gasteiger partial charge in [0.25, 0.3) is 0 Å². The van der Waals surface area contributed by atoms with Gasteiger partial charge in [-0.3, -0.25) is 9.78 Å². The normalized spacial score (nSPS) is 19.6. The number of Topliss-reactive ketones (excluding diaryl/α,β-unsaturated/α-hetero) is 1. The fraction of sp³-hybridized carbons (Fsp3) is 0.500. The Balaban J connectivity index is 2.38. The van der Waals surface area contributed by atoms with E-state index in [1.165, 1.54) is 0 Å². The van der Waals surface area contributed by atoms with E-state index in [1.807, 2.05) is 0 Å². The van der Waals surface area contributed by atoms with E-state index >= 15 is 0 Å². The van der Waals surface area contributed by atoms with E-state index in [2.05, 4.69) is 4.98 Å². The summed E-state index contributed by atoms with van der Waals surface area (Å²) in [6, 6.07) is 5.32. The predicted molar refractivity (Wildman–Crippen MR) is 56.2 cm³/mol. The first-order valence-corrected chi connectivity index (χ1v) is 5.36. The molecule has 1 heterocycles. The van der Waals surface area contributed by atoms with Crippen molar-refractivity contribution in [2.45, 2.75) is 31.8 Å². The van der Waals surface area contributed by atoms with Crippen molar-refractivity contribution in [2.24, 2.45) is 5.92 Å². The third-order valence-corrected chi connectivity index (χ3v) is 2.97. The third-order valence-electron chi connectivity index (χ3n) is 2.97. The number of rotatable bonds is 4. The van der Waals surface area contributed by atoms with Gasteiger partial charge in [-0.15, -0.1) is 0 Å². The van der Waals surface area contributed by atoms with Crippen LogP contribution in [-0.4, -0.2) is 15.9 Å². The van der Waals surface area contributed by atoms with E-state index in [0.717, 1.165) is 12.8 Å². The Morgan fingerprint density at radius 1 is 1.60 bits per heavy atom. The molecule has 1 aliphatic carbocycles. The smallest absolute Gasteiger partial charge is 0.170 e. The molecule has 3 nitrogen and oxygen atoms in total. The first-order chi connectivity index (χ1) is 7.19. The van der Waals surface area contributed by atoms with Gasteiger partial charge in [0.05, 0.1) is 5.69 Å². The number of hydrogen-bond donors (Lipinski definition) is 1. The standard InChI is InChI=1S/C12H15NO2/c1-2-11(14)12(15,9-6-7-9)10-5-3-4-8-13-10/h3-5,8-9,15H,2,6-7H2,1H3. The lowest BCUT2D eigenvalue weighted by molar-refractivity contribution is -0.141. The zero-order valence-corrected chi connectivity index (χ0v) is 8.81. The number of ketones is 1. The number of hydrogen-bond acceptors (Lipinski definition) is 3.